The first kappa shape index (κ1) is 13.1. The molecule has 0 aromatic heterocycles. The van der Waals surface area contributed by atoms with Gasteiger partial charge in [0.15, 0.2) is 0 Å². The molecule has 4 heteroatoms. The highest BCUT2D eigenvalue weighted by Crippen LogP contribution is 2.27. The summed E-state index contributed by atoms with van der Waals surface area (Å²) in [6, 6.07) is 8.27. The van der Waals surface area contributed by atoms with Gasteiger partial charge < -0.3 is 16.0 Å². The van der Waals surface area contributed by atoms with E-state index in [-0.39, 0.29) is 17.9 Å². The summed E-state index contributed by atoms with van der Waals surface area (Å²) in [5, 5.41) is 2.97. The Bertz CT molecular complexity index is 431. The van der Waals surface area contributed by atoms with Crippen molar-refractivity contribution >= 4 is 5.91 Å². The van der Waals surface area contributed by atoms with Gasteiger partial charge in [-0.15, -0.1) is 0 Å². The molecule has 0 aliphatic heterocycles. The van der Waals surface area contributed by atoms with Crippen LogP contribution in [-0.2, 0) is 17.9 Å². The summed E-state index contributed by atoms with van der Waals surface area (Å²) in [5.41, 5.74) is 8.09. The Labute approximate surface area is 108 Å². The van der Waals surface area contributed by atoms with E-state index in [2.05, 4.69) is 22.3 Å². The predicted molar refractivity (Wildman–Crippen MR) is 71.8 cm³/mol. The van der Waals surface area contributed by atoms with Crippen molar-refractivity contribution in [2.24, 2.45) is 11.7 Å². The second-order valence-corrected chi connectivity index (χ2v) is 5.23. The number of carbonyl (C=O) groups excluding carboxylic acids is 1. The van der Waals surface area contributed by atoms with Crippen LogP contribution >= 0.6 is 0 Å². The van der Waals surface area contributed by atoms with Gasteiger partial charge in [-0.1, -0.05) is 24.3 Å². The van der Waals surface area contributed by atoms with Crippen LogP contribution in [0.4, 0.5) is 0 Å². The quantitative estimate of drug-likeness (QED) is 0.805. The molecule has 1 fully saturated rings. The van der Waals surface area contributed by atoms with Crippen molar-refractivity contribution < 1.29 is 4.79 Å². The summed E-state index contributed by atoms with van der Waals surface area (Å²) < 4.78 is 0. The van der Waals surface area contributed by atoms with Gasteiger partial charge in [-0.05, 0) is 31.6 Å². The zero-order chi connectivity index (χ0) is 13.1. The van der Waals surface area contributed by atoms with E-state index in [4.69, 9.17) is 5.73 Å². The molecule has 3 N–H and O–H groups in total. The zero-order valence-corrected chi connectivity index (χ0v) is 11.0. The first-order chi connectivity index (χ1) is 8.58. The average molecular weight is 247 g/mol. The SMILES string of the molecule is CN(C)Cc1ccccc1CNC(=O)C1CC1N. The van der Waals surface area contributed by atoms with Gasteiger partial charge in [0.25, 0.3) is 0 Å². The lowest BCUT2D eigenvalue weighted by molar-refractivity contribution is -0.122. The largest absolute Gasteiger partial charge is 0.352 e. The third-order valence-corrected chi connectivity index (χ3v) is 3.23. The lowest BCUT2D eigenvalue weighted by atomic mass is 10.1. The molecule has 4 nitrogen and oxygen atoms in total. The van der Waals surface area contributed by atoms with E-state index < -0.39 is 0 Å². The molecule has 0 heterocycles. The fraction of sp³-hybridized carbons (Fsp3) is 0.500. The molecule has 0 spiro atoms. The smallest absolute Gasteiger partial charge is 0.225 e. The molecule has 1 aliphatic rings. The van der Waals surface area contributed by atoms with Crippen LogP contribution < -0.4 is 11.1 Å². The molecule has 1 amide bonds. The molecule has 1 aliphatic carbocycles. The maximum absolute atomic E-state index is 11.7. The summed E-state index contributed by atoms with van der Waals surface area (Å²) in [7, 11) is 4.08. The fourth-order valence-corrected chi connectivity index (χ4v) is 2.05. The van der Waals surface area contributed by atoms with Gasteiger partial charge in [0.2, 0.25) is 5.91 Å². The molecular weight excluding hydrogens is 226 g/mol. The molecule has 2 rings (SSSR count). The minimum atomic E-state index is 0.0333. The first-order valence-electron chi connectivity index (χ1n) is 6.32. The number of nitrogens with two attached hydrogens (primary N) is 1. The normalized spacial score (nSPS) is 22.0. The van der Waals surface area contributed by atoms with E-state index in [1.54, 1.807) is 0 Å². The predicted octanol–water partition coefficient (Wildman–Crippen LogP) is 0.712. The second kappa shape index (κ2) is 5.50. The Hall–Kier alpha value is -1.39. The van der Waals surface area contributed by atoms with Crippen molar-refractivity contribution in [3.8, 4) is 0 Å². The molecule has 1 aromatic rings. The minimum absolute atomic E-state index is 0.0333. The maximum Gasteiger partial charge on any atom is 0.225 e. The number of hydrogen-bond donors (Lipinski definition) is 2. The number of amides is 1. The molecule has 1 saturated carbocycles. The minimum Gasteiger partial charge on any atom is -0.352 e. The Morgan fingerprint density at radius 2 is 2.00 bits per heavy atom. The van der Waals surface area contributed by atoms with Gasteiger partial charge in [0, 0.05) is 19.1 Å². The van der Waals surface area contributed by atoms with Crippen LogP contribution in [-0.4, -0.2) is 30.9 Å². The molecule has 98 valence electrons. The summed E-state index contributed by atoms with van der Waals surface area (Å²) in [6.07, 6.45) is 0.825. The standard InChI is InChI=1S/C14H21N3O/c1-17(2)9-11-6-4-3-5-10(11)8-16-14(18)12-7-13(12)15/h3-6,12-13H,7-9,15H2,1-2H3,(H,16,18). The topological polar surface area (TPSA) is 58.4 Å². The van der Waals surface area contributed by atoms with Crippen LogP contribution in [0.5, 0.6) is 0 Å². The molecule has 0 radical (unpaired) electrons. The summed E-state index contributed by atoms with van der Waals surface area (Å²) in [6.45, 7) is 1.47. The highest BCUT2D eigenvalue weighted by molar-refractivity contribution is 5.82. The summed E-state index contributed by atoms with van der Waals surface area (Å²) >= 11 is 0. The maximum atomic E-state index is 11.7. The van der Waals surface area contributed by atoms with Gasteiger partial charge >= 0.3 is 0 Å². The van der Waals surface area contributed by atoms with Crippen LogP contribution in [0.25, 0.3) is 0 Å². The van der Waals surface area contributed by atoms with Crippen LogP contribution in [0.3, 0.4) is 0 Å². The van der Waals surface area contributed by atoms with Gasteiger partial charge in [-0.2, -0.15) is 0 Å². The van der Waals surface area contributed by atoms with E-state index in [9.17, 15) is 4.79 Å². The van der Waals surface area contributed by atoms with Gasteiger partial charge in [-0.3, -0.25) is 4.79 Å². The Morgan fingerprint density at radius 1 is 1.39 bits per heavy atom. The number of nitrogens with zero attached hydrogens (tertiary/aromatic N) is 1. The monoisotopic (exact) mass is 247 g/mol. The summed E-state index contributed by atoms with van der Waals surface area (Å²) in [4.78, 5) is 13.8. The average Bonchev–Trinajstić information content (AvgIpc) is 3.04. The first-order valence-corrected chi connectivity index (χ1v) is 6.32. The number of hydrogen-bond acceptors (Lipinski definition) is 3. The van der Waals surface area contributed by atoms with E-state index in [1.807, 2.05) is 26.2 Å². The third kappa shape index (κ3) is 3.31. The molecular formula is C14H21N3O. The summed E-state index contributed by atoms with van der Waals surface area (Å²) in [5.74, 6) is 0.119. The molecule has 0 bridgehead atoms. The molecule has 18 heavy (non-hydrogen) atoms. The van der Waals surface area contributed by atoms with E-state index in [0.717, 1.165) is 13.0 Å². The van der Waals surface area contributed by atoms with Crippen molar-refractivity contribution in [1.29, 1.82) is 0 Å². The third-order valence-electron chi connectivity index (χ3n) is 3.23. The Balaban J connectivity index is 1.94. The molecule has 0 saturated heterocycles. The lowest BCUT2D eigenvalue weighted by Gasteiger charge is -2.14. The Kier molecular flexibility index (Phi) is 3.99. The highest BCUT2D eigenvalue weighted by Gasteiger charge is 2.39. The van der Waals surface area contributed by atoms with Gasteiger partial charge in [0.1, 0.15) is 0 Å². The van der Waals surface area contributed by atoms with E-state index in [0.29, 0.717) is 6.54 Å². The highest BCUT2D eigenvalue weighted by atomic mass is 16.2. The number of nitrogens with one attached hydrogen (secondary N) is 1. The van der Waals surface area contributed by atoms with Crippen LogP contribution in [0.2, 0.25) is 0 Å². The van der Waals surface area contributed by atoms with E-state index in [1.165, 1.54) is 11.1 Å². The van der Waals surface area contributed by atoms with Crippen molar-refractivity contribution in [2.45, 2.75) is 25.6 Å². The molecule has 1 aromatic carbocycles. The number of carbonyl (C=O) groups is 1. The number of benzene rings is 1. The lowest BCUT2D eigenvalue weighted by Crippen LogP contribution is -2.27. The van der Waals surface area contributed by atoms with E-state index >= 15 is 0 Å². The van der Waals surface area contributed by atoms with Crippen molar-refractivity contribution in [3.05, 3.63) is 35.4 Å². The fourth-order valence-electron chi connectivity index (χ4n) is 2.05. The van der Waals surface area contributed by atoms with Crippen molar-refractivity contribution in [3.63, 3.8) is 0 Å². The molecule has 2 unspecified atom stereocenters. The van der Waals surface area contributed by atoms with Crippen LogP contribution in [0.15, 0.2) is 24.3 Å². The van der Waals surface area contributed by atoms with Crippen molar-refractivity contribution in [1.82, 2.24) is 10.2 Å². The Morgan fingerprint density at radius 3 is 2.56 bits per heavy atom. The second-order valence-electron chi connectivity index (χ2n) is 5.23. The zero-order valence-electron chi connectivity index (χ0n) is 11.0. The molecule has 2 atom stereocenters. The van der Waals surface area contributed by atoms with Gasteiger partial charge in [-0.25, -0.2) is 0 Å². The van der Waals surface area contributed by atoms with Crippen LogP contribution in [0.1, 0.15) is 17.5 Å². The number of rotatable bonds is 5. The van der Waals surface area contributed by atoms with Crippen molar-refractivity contribution in [2.75, 3.05) is 14.1 Å². The van der Waals surface area contributed by atoms with Gasteiger partial charge in [0.05, 0.1) is 5.92 Å². The van der Waals surface area contributed by atoms with Crippen LogP contribution in [0, 0.1) is 5.92 Å².